The van der Waals surface area contributed by atoms with Crippen LogP contribution in [0.15, 0.2) is 24.3 Å². The third kappa shape index (κ3) is 5.82. The highest BCUT2D eigenvalue weighted by molar-refractivity contribution is 7.55. The first kappa shape index (κ1) is 26.1. The molecule has 0 radical (unpaired) electrons. The smallest absolute Gasteiger partial charge is 0.248 e. The summed E-state index contributed by atoms with van der Waals surface area (Å²) < 4.78 is 90.1. The van der Waals surface area contributed by atoms with Gasteiger partial charge in [0.1, 0.15) is 0 Å². The molecule has 168 valence electrons. The molecule has 1 aromatic rings. The normalized spacial score (nSPS) is 13.7. The zero-order valence-corrected chi connectivity index (χ0v) is 16.3. The van der Waals surface area contributed by atoms with Crippen molar-refractivity contribution in [3.8, 4) is 0 Å². The Morgan fingerprint density at radius 3 is 1.69 bits per heavy atom. The molecule has 0 spiro atoms. The van der Waals surface area contributed by atoms with Crippen LogP contribution in [0.1, 0.15) is 36.8 Å². The van der Waals surface area contributed by atoms with Gasteiger partial charge >= 0.3 is 26.5 Å². The quantitative estimate of drug-likeness (QED) is 0.0914. The molecular formula is C13H18F4O10P2. The van der Waals surface area contributed by atoms with Crippen molar-refractivity contribution in [3.05, 3.63) is 35.4 Å². The Labute approximate surface area is 161 Å². The first-order chi connectivity index (χ1) is 13.4. The number of unbranched alkanes of at least 4 members (excludes halogenated alkanes) is 2. The number of hydrogen-bond donors (Lipinski definition) is 4. The minimum Gasteiger partial charge on any atom is -0.248 e. The van der Waals surface area contributed by atoms with Crippen LogP contribution in [0, 0.1) is 0 Å². The molecule has 0 atom stereocenters. The van der Waals surface area contributed by atoms with Gasteiger partial charge in [0.15, 0.2) is 0 Å². The molecule has 0 bridgehead atoms. The highest BCUT2D eigenvalue weighted by atomic mass is 31.2. The monoisotopic (exact) mass is 472 g/mol. The van der Waals surface area contributed by atoms with Crippen LogP contribution >= 0.6 is 15.2 Å². The Morgan fingerprint density at radius 1 is 0.759 bits per heavy atom. The highest BCUT2D eigenvalue weighted by Gasteiger charge is 2.57. The molecule has 0 aliphatic heterocycles. The molecule has 0 saturated carbocycles. The average Bonchev–Trinajstić information content (AvgIpc) is 2.72. The summed E-state index contributed by atoms with van der Waals surface area (Å²) in [6.45, 7) is 0. The van der Waals surface area contributed by atoms with Gasteiger partial charge in [0, 0.05) is 12.0 Å². The van der Waals surface area contributed by atoms with Gasteiger partial charge < -0.3 is 0 Å². The van der Waals surface area contributed by atoms with E-state index in [9.17, 15) is 26.7 Å². The highest BCUT2D eigenvalue weighted by Crippen LogP contribution is 2.65. The lowest BCUT2D eigenvalue weighted by molar-refractivity contribution is -0.225. The van der Waals surface area contributed by atoms with E-state index in [-0.39, 0.29) is 19.3 Å². The summed E-state index contributed by atoms with van der Waals surface area (Å²) in [5.41, 5.74) is -8.85. The van der Waals surface area contributed by atoms with E-state index < -0.39 is 38.5 Å². The predicted octanol–water partition coefficient (Wildman–Crippen LogP) is 5.78. The summed E-state index contributed by atoms with van der Waals surface area (Å²) in [5, 5.41) is 33.0. The maximum atomic E-state index is 14.0. The van der Waals surface area contributed by atoms with E-state index in [2.05, 4.69) is 18.7 Å². The van der Waals surface area contributed by atoms with Crippen molar-refractivity contribution in [1.82, 2.24) is 0 Å². The van der Waals surface area contributed by atoms with Gasteiger partial charge in [-0.1, -0.05) is 30.7 Å². The zero-order valence-electron chi connectivity index (χ0n) is 14.5. The Morgan fingerprint density at radius 2 is 1.24 bits per heavy atom. The number of rotatable bonds is 13. The average molecular weight is 472 g/mol. The van der Waals surface area contributed by atoms with Crippen LogP contribution in [0.25, 0.3) is 0 Å². The fraction of sp³-hybridized carbons (Fsp3) is 0.538. The number of benzene rings is 1. The van der Waals surface area contributed by atoms with Gasteiger partial charge in [-0.25, -0.2) is 30.2 Å². The summed E-state index contributed by atoms with van der Waals surface area (Å²) in [6, 6.07) is 4.12. The first-order valence-corrected chi connectivity index (χ1v) is 10.9. The van der Waals surface area contributed by atoms with E-state index in [0.29, 0.717) is 12.0 Å². The molecule has 1 aromatic carbocycles. The first-order valence-electron chi connectivity index (χ1n) is 7.81. The van der Waals surface area contributed by atoms with Crippen molar-refractivity contribution in [2.75, 3.05) is 0 Å². The molecule has 0 aliphatic carbocycles. The molecule has 0 aromatic heterocycles. The molecular weight excluding hydrogens is 454 g/mol. The maximum Gasteiger partial charge on any atom is 0.457 e. The van der Waals surface area contributed by atoms with Crippen LogP contribution in [-0.4, -0.2) is 26.7 Å². The largest absolute Gasteiger partial charge is 0.457 e. The van der Waals surface area contributed by atoms with Crippen LogP contribution in [-0.2, 0) is 39.9 Å². The third-order valence-electron chi connectivity index (χ3n) is 3.92. The summed E-state index contributed by atoms with van der Waals surface area (Å²) >= 11 is 0. The van der Waals surface area contributed by atoms with Gasteiger partial charge in [0.05, 0.1) is 0 Å². The molecule has 16 heteroatoms. The molecule has 0 unspecified atom stereocenters. The van der Waals surface area contributed by atoms with Crippen molar-refractivity contribution in [1.29, 1.82) is 0 Å². The lowest BCUT2D eigenvalue weighted by Crippen LogP contribution is -2.19. The molecule has 4 N–H and O–H groups in total. The van der Waals surface area contributed by atoms with E-state index in [1.54, 1.807) is 0 Å². The second kappa shape index (κ2) is 10.4. The fourth-order valence-electron chi connectivity index (χ4n) is 2.26. The fourth-order valence-corrected chi connectivity index (χ4v) is 3.66. The third-order valence-corrected chi connectivity index (χ3v) is 6.75. The molecule has 0 amide bonds. The van der Waals surface area contributed by atoms with Gasteiger partial charge in [0.25, 0.3) is 0 Å². The topological polar surface area (TPSA) is 152 Å². The summed E-state index contributed by atoms with van der Waals surface area (Å²) in [6.07, 6.45) is -0.448. The second-order valence-corrected chi connectivity index (χ2v) is 9.65. The Bertz CT molecular complexity index is 730. The van der Waals surface area contributed by atoms with Crippen LogP contribution in [0.5, 0.6) is 0 Å². The molecule has 0 heterocycles. The SMILES string of the molecule is O=P(OO)(OO)C(F)(F)CCCCCc1ccc(C(F)(F)P(=O)(OO)OO)cc1. The van der Waals surface area contributed by atoms with Crippen molar-refractivity contribution in [2.45, 2.75) is 43.4 Å². The standard InChI is InChI=1S/C13H18F4O10P2/c14-12(15,28(22,24-18)25-19)9-3-1-2-4-10-5-7-11(8-6-10)13(16,17)29(23,26-20)27-21/h5-8,18-21H,1-4,9H2. The Kier molecular flexibility index (Phi) is 9.37. The Balaban J connectivity index is 2.60. The van der Waals surface area contributed by atoms with E-state index >= 15 is 0 Å². The Hall–Kier alpha value is -0.920. The van der Waals surface area contributed by atoms with Crippen molar-refractivity contribution in [2.24, 2.45) is 0 Å². The number of alkyl halides is 4. The van der Waals surface area contributed by atoms with Gasteiger partial charge in [-0.2, -0.15) is 17.6 Å². The minimum absolute atomic E-state index is 0.177. The molecule has 10 nitrogen and oxygen atoms in total. The molecule has 29 heavy (non-hydrogen) atoms. The summed E-state index contributed by atoms with van der Waals surface area (Å²) in [4.78, 5) is 0. The van der Waals surface area contributed by atoms with E-state index in [4.69, 9.17) is 21.0 Å². The van der Waals surface area contributed by atoms with Crippen molar-refractivity contribution < 1.29 is 66.4 Å². The van der Waals surface area contributed by atoms with Gasteiger partial charge in [-0.3, -0.25) is 0 Å². The van der Waals surface area contributed by atoms with Crippen LogP contribution < -0.4 is 0 Å². The molecule has 0 saturated heterocycles. The lowest BCUT2D eigenvalue weighted by atomic mass is 10.0. The van der Waals surface area contributed by atoms with Crippen LogP contribution in [0.3, 0.4) is 0 Å². The van der Waals surface area contributed by atoms with Gasteiger partial charge in [-0.15, -0.1) is 18.7 Å². The minimum atomic E-state index is -5.56. The van der Waals surface area contributed by atoms with E-state index in [0.717, 1.165) is 12.1 Å². The molecule has 0 aliphatic rings. The van der Waals surface area contributed by atoms with Crippen LogP contribution in [0.4, 0.5) is 17.6 Å². The van der Waals surface area contributed by atoms with Crippen molar-refractivity contribution >= 4 is 15.2 Å². The predicted molar refractivity (Wildman–Crippen MR) is 87.5 cm³/mol. The molecule has 1 rings (SSSR count). The van der Waals surface area contributed by atoms with Crippen LogP contribution in [0.2, 0.25) is 0 Å². The number of halogens is 4. The maximum absolute atomic E-state index is 14.0. The molecule has 0 fully saturated rings. The lowest BCUT2D eigenvalue weighted by Gasteiger charge is -2.21. The summed E-state index contributed by atoms with van der Waals surface area (Å²) in [5.74, 6) is 0. The van der Waals surface area contributed by atoms with Gasteiger partial charge in [-0.05, 0) is 24.8 Å². The summed E-state index contributed by atoms with van der Waals surface area (Å²) in [7, 11) is -11.0. The zero-order chi connectivity index (χ0) is 22.3. The number of hydrogen-bond acceptors (Lipinski definition) is 10. The number of aryl methyl sites for hydroxylation is 1. The van der Waals surface area contributed by atoms with Crippen molar-refractivity contribution in [3.63, 3.8) is 0 Å². The van der Waals surface area contributed by atoms with E-state index in [1.807, 2.05) is 0 Å². The van der Waals surface area contributed by atoms with Gasteiger partial charge in [0.2, 0.25) is 0 Å². The van der Waals surface area contributed by atoms with E-state index in [1.165, 1.54) is 12.1 Å². The second-order valence-electron chi connectivity index (χ2n) is 5.79.